The lowest BCUT2D eigenvalue weighted by atomic mass is 10.1. The van der Waals surface area contributed by atoms with E-state index in [1.165, 1.54) is 24.3 Å². The molecule has 0 bridgehead atoms. The van der Waals surface area contributed by atoms with Crippen molar-refractivity contribution < 1.29 is 13.9 Å². The number of aliphatic hydroxyl groups is 1. The predicted molar refractivity (Wildman–Crippen MR) is 123 cm³/mol. The fourth-order valence-corrected chi connectivity index (χ4v) is 2.98. The molecular formula is C21H25F2IN4O. The molecule has 0 aliphatic rings. The molecular weight excluding hydrogens is 489 g/mol. The molecule has 0 amide bonds. The van der Waals surface area contributed by atoms with Crippen molar-refractivity contribution in [1.82, 2.24) is 15.6 Å². The topological polar surface area (TPSA) is 72.4 Å². The van der Waals surface area contributed by atoms with Crippen LogP contribution >= 0.6 is 24.0 Å². The first-order chi connectivity index (χ1) is 13.6. The van der Waals surface area contributed by atoms with Crippen molar-refractivity contribution in [2.45, 2.75) is 19.4 Å². The molecule has 2 aromatic carbocycles. The van der Waals surface area contributed by atoms with Gasteiger partial charge in [0.25, 0.3) is 0 Å². The molecule has 0 aliphatic heterocycles. The summed E-state index contributed by atoms with van der Waals surface area (Å²) >= 11 is 0. The highest BCUT2D eigenvalue weighted by Gasteiger charge is 2.08. The van der Waals surface area contributed by atoms with Gasteiger partial charge in [-0.05, 0) is 54.8 Å². The number of nitrogens with zero attached hydrogens (tertiary/aromatic N) is 1. The molecule has 0 fully saturated rings. The zero-order valence-electron chi connectivity index (χ0n) is 16.1. The van der Waals surface area contributed by atoms with Crippen LogP contribution in [0.3, 0.4) is 0 Å². The minimum absolute atomic E-state index is 0. The number of aromatic amines is 1. The largest absolute Gasteiger partial charge is 0.386 e. The van der Waals surface area contributed by atoms with E-state index in [0.717, 1.165) is 16.5 Å². The summed E-state index contributed by atoms with van der Waals surface area (Å²) in [7, 11) is 0. The Morgan fingerprint density at radius 1 is 1.10 bits per heavy atom. The lowest BCUT2D eigenvalue weighted by Gasteiger charge is -2.13. The number of aliphatic hydroxyl groups excluding tert-OH is 1. The van der Waals surface area contributed by atoms with Crippen LogP contribution in [0.25, 0.3) is 10.9 Å². The number of fused-ring (bicyclic) bond motifs is 1. The Hall–Kier alpha value is -2.20. The van der Waals surface area contributed by atoms with Crippen molar-refractivity contribution in [1.29, 1.82) is 0 Å². The summed E-state index contributed by atoms with van der Waals surface area (Å²) in [6.07, 6.45) is 1.76. The Labute approximate surface area is 185 Å². The van der Waals surface area contributed by atoms with E-state index in [2.05, 4.69) is 20.6 Å². The molecule has 0 spiro atoms. The number of H-pyrrole nitrogens is 1. The third kappa shape index (κ3) is 6.40. The highest BCUT2D eigenvalue weighted by atomic mass is 127. The van der Waals surface area contributed by atoms with Gasteiger partial charge in [0.15, 0.2) is 5.96 Å². The quantitative estimate of drug-likeness (QED) is 0.220. The van der Waals surface area contributed by atoms with E-state index in [4.69, 9.17) is 0 Å². The van der Waals surface area contributed by atoms with Gasteiger partial charge in [0.1, 0.15) is 11.6 Å². The van der Waals surface area contributed by atoms with Crippen LogP contribution in [0.4, 0.5) is 8.78 Å². The van der Waals surface area contributed by atoms with Crippen LogP contribution in [0.15, 0.2) is 53.7 Å². The van der Waals surface area contributed by atoms with Gasteiger partial charge in [-0.25, -0.2) is 8.78 Å². The van der Waals surface area contributed by atoms with E-state index >= 15 is 0 Å². The molecule has 0 saturated carbocycles. The molecule has 0 saturated heterocycles. The first kappa shape index (κ1) is 23.1. The van der Waals surface area contributed by atoms with Gasteiger partial charge in [-0.1, -0.05) is 12.1 Å². The molecule has 0 aliphatic carbocycles. The summed E-state index contributed by atoms with van der Waals surface area (Å²) in [6.45, 7) is 3.38. The normalized spacial score (nSPS) is 12.5. The molecule has 3 aromatic rings. The third-order valence-corrected chi connectivity index (χ3v) is 4.44. The highest BCUT2D eigenvalue weighted by Crippen LogP contribution is 2.19. The minimum Gasteiger partial charge on any atom is -0.386 e. The lowest BCUT2D eigenvalue weighted by Crippen LogP contribution is -2.38. The average Bonchev–Trinajstić information content (AvgIpc) is 3.08. The molecule has 156 valence electrons. The van der Waals surface area contributed by atoms with E-state index in [0.29, 0.717) is 31.0 Å². The van der Waals surface area contributed by atoms with Gasteiger partial charge in [0.2, 0.25) is 0 Å². The van der Waals surface area contributed by atoms with Crippen LogP contribution in [0.1, 0.15) is 24.2 Å². The van der Waals surface area contributed by atoms with E-state index in [1.807, 2.05) is 13.1 Å². The first-order valence-corrected chi connectivity index (χ1v) is 9.28. The maximum absolute atomic E-state index is 13.5. The second-order valence-electron chi connectivity index (χ2n) is 6.47. The highest BCUT2D eigenvalue weighted by molar-refractivity contribution is 14.0. The van der Waals surface area contributed by atoms with Crippen LogP contribution in [0, 0.1) is 11.6 Å². The molecule has 29 heavy (non-hydrogen) atoms. The molecule has 0 radical (unpaired) electrons. The van der Waals surface area contributed by atoms with Crippen molar-refractivity contribution >= 4 is 40.8 Å². The molecule has 1 aromatic heterocycles. The van der Waals surface area contributed by atoms with Crippen molar-refractivity contribution in [3.8, 4) is 0 Å². The van der Waals surface area contributed by atoms with Crippen LogP contribution in [0.5, 0.6) is 0 Å². The second-order valence-corrected chi connectivity index (χ2v) is 6.47. The molecule has 3 rings (SSSR count). The predicted octanol–water partition coefficient (Wildman–Crippen LogP) is 3.90. The summed E-state index contributed by atoms with van der Waals surface area (Å²) < 4.78 is 26.5. The molecule has 1 atom stereocenters. The molecule has 1 heterocycles. The van der Waals surface area contributed by atoms with Crippen molar-refractivity contribution in [3.63, 3.8) is 0 Å². The summed E-state index contributed by atoms with van der Waals surface area (Å²) in [6, 6.07) is 10.4. The number of aliphatic imine (C=N–C) groups is 1. The minimum atomic E-state index is -0.812. The molecule has 8 heteroatoms. The summed E-state index contributed by atoms with van der Waals surface area (Å²) in [5.41, 5.74) is 2.53. The van der Waals surface area contributed by atoms with E-state index in [9.17, 15) is 13.9 Å². The molecule has 1 unspecified atom stereocenters. The molecule has 5 nitrogen and oxygen atoms in total. The smallest absolute Gasteiger partial charge is 0.191 e. The number of guanidine groups is 1. The van der Waals surface area contributed by atoms with Crippen LogP contribution in [-0.2, 0) is 6.42 Å². The number of hydrogen-bond acceptors (Lipinski definition) is 2. The van der Waals surface area contributed by atoms with Crippen molar-refractivity contribution in [3.05, 3.63) is 71.4 Å². The Bertz CT molecular complexity index is 944. The van der Waals surface area contributed by atoms with E-state index < -0.39 is 6.10 Å². The van der Waals surface area contributed by atoms with Gasteiger partial charge in [-0.2, -0.15) is 0 Å². The monoisotopic (exact) mass is 514 g/mol. The zero-order chi connectivity index (χ0) is 19.9. The van der Waals surface area contributed by atoms with Gasteiger partial charge in [-0.15, -0.1) is 24.0 Å². The Kier molecular flexibility index (Phi) is 8.84. The fraction of sp³-hybridized carbons (Fsp3) is 0.286. The van der Waals surface area contributed by atoms with Gasteiger partial charge < -0.3 is 20.7 Å². The van der Waals surface area contributed by atoms with Gasteiger partial charge in [0, 0.05) is 30.2 Å². The number of benzene rings is 2. The Balaban J connectivity index is 0.00000300. The first-order valence-electron chi connectivity index (χ1n) is 9.28. The number of hydrogen-bond donors (Lipinski definition) is 4. The summed E-state index contributed by atoms with van der Waals surface area (Å²) in [5, 5.41) is 17.4. The van der Waals surface area contributed by atoms with Crippen molar-refractivity contribution in [2.75, 3.05) is 19.6 Å². The number of halogens is 3. The fourth-order valence-electron chi connectivity index (χ4n) is 2.98. The van der Waals surface area contributed by atoms with Gasteiger partial charge in [0.05, 0.1) is 12.6 Å². The maximum atomic E-state index is 13.5. The lowest BCUT2D eigenvalue weighted by molar-refractivity contribution is 0.187. The Morgan fingerprint density at radius 2 is 1.83 bits per heavy atom. The average molecular weight is 514 g/mol. The van der Waals surface area contributed by atoms with Gasteiger partial charge >= 0.3 is 0 Å². The zero-order valence-corrected chi connectivity index (χ0v) is 18.4. The maximum Gasteiger partial charge on any atom is 0.191 e. The Morgan fingerprint density at radius 3 is 2.55 bits per heavy atom. The summed E-state index contributed by atoms with van der Waals surface area (Å²) in [5.74, 6) is -0.0210. The number of aromatic nitrogens is 1. The van der Waals surface area contributed by atoms with E-state index in [-0.39, 0.29) is 42.2 Å². The molecule has 4 N–H and O–H groups in total. The standard InChI is InChI=1S/C21H24F2N4O.HI/c1-2-24-21(27-13-20(28)14-3-5-16(22)6-4-14)25-10-9-15-12-26-19-8-7-17(23)11-18(15)19;/h3-8,11-12,20,26,28H,2,9-10,13H2,1H3,(H2,24,25,27);1H. The van der Waals surface area contributed by atoms with E-state index in [1.54, 1.807) is 18.2 Å². The van der Waals surface area contributed by atoms with Crippen LogP contribution < -0.4 is 10.6 Å². The SMILES string of the molecule is CCNC(=NCC(O)c1ccc(F)cc1)NCCc1c[nH]c2ccc(F)cc12.I. The third-order valence-electron chi connectivity index (χ3n) is 4.44. The number of rotatable bonds is 7. The summed E-state index contributed by atoms with van der Waals surface area (Å²) in [4.78, 5) is 7.53. The van der Waals surface area contributed by atoms with Gasteiger partial charge in [-0.3, -0.25) is 4.99 Å². The van der Waals surface area contributed by atoms with Crippen LogP contribution in [0.2, 0.25) is 0 Å². The number of nitrogens with one attached hydrogen (secondary N) is 3. The van der Waals surface area contributed by atoms with Crippen LogP contribution in [-0.4, -0.2) is 35.7 Å². The second kappa shape index (κ2) is 11.1. The van der Waals surface area contributed by atoms with Crippen molar-refractivity contribution in [2.24, 2.45) is 4.99 Å².